The number of nitrogens with zero attached hydrogens (tertiary/aromatic N) is 5. The van der Waals surface area contributed by atoms with Crippen LogP contribution in [0.1, 0.15) is 16.8 Å². The van der Waals surface area contributed by atoms with E-state index in [1.807, 2.05) is 44.2 Å². The number of carbonyl (C=O) groups excluding carboxylic acids is 1. The molecule has 134 valence electrons. The highest BCUT2D eigenvalue weighted by Gasteiger charge is 2.20. The summed E-state index contributed by atoms with van der Waals surface area (Å²) in [5.41, 5.74) is 3.46. The molecule has 1 fully saturated rings. The van der Waals surface area contributed by atoms with Gasteiger partial charge < -0.3 is 10.2 Å². The van der Waals surface area contributed by atoms with Gasteiger partial charge in [0, 0.05) is 31.9 Å². The fourth-order valence-corrected chi connectivity index (χ4v) is 2.97. The number of rotatable bonds is 4. The summed E-state index contributed by atoms with van der Waals surface area (Å²) < 4.78 is 0. The summed E-state index contributed by atoms with van der Waals surface area (Å²) in [4.78, 5) is 16.6. The zero-order valence-electron chi connectivity index (χ0n) is 15.1. The summed E-state index contributed by atoms with van der Waals surface area (Å²) in [6, 6.07) is 11.4. The van der Waals surface area contributed by atoms with Crippen molar-refractivity contribution >= 4 is 17.4 Å². The van der Waals surface area contributed by atoms with Crippen LogP contribution in [0.3, 0.4) is 0 Å². The average molecular weight is 350 g/mol. The molecule has 1 N–H and O–H groups in total. The molecule has 1 aliphatic rings. The van der Waals surface area contributed by atoms with E-state index in [0.717, 1.165) is 43.2 Å². The van der Waals surface area contributed by atoms with Gasteiger partial charge in [-0.15, -0.1) is 10.2 Å². The summed E-state index contributed by atoms with van der Waals surface area (Å²) in [5, 5.41) is 19.8. The molecule has 2 heterocycles. The third kappa shape index (κ3) is 4.16. The molecule has 0 spiro atoms. The lowest BCUT2D eigenvalue weighted by Crippen LogP contribution is -2.49. The van der Waals surface area contributed by atoms with Crippen molar-refractivity contribution in [1.29, 1.82) is 5.26 Å². The maximum absolute atomic E-state index is 12.3. The van der Waals surface area contributed by atoms with Crippen molar-refractivity contribution in [2.75, 3.05) is 42.9 Å². The van der Waals surface area contributed by atoms with Crippen LogP contribution in [0.25, 0.3) is 0 Å². The van der Waals surface area contributed by atoms with Gasteiger partial charge in [0.05, 0.1) is 6.54 Å². The summed E-state index contributed by atoms with van der Waals surface area (Å²) >= 11 is 0. The smallest absolute Gasteiger partial charge is 0.238 e. The molecule has 0 atom stereocenters. The van der Waals surface area contributed by atoms with Crippen molar-refractivity contribution in [2.24, 2.45) is 0 Å². The molecule has 3 rings (SSSR count). The fourth-order valence-electron chi connectivity index (χ4n) is 2.97. The Morgan fingerprint density at radius 1 is 1.15 bits per heavy atom. The lowest BCUT2D eigenvalue weighted by Gasteiger charge is -2.34. The van der Waals surface area contributed by atoms with Crippen LogP contribution in [0.15, 0.2) is 30.3 Å². The Morgan fingerprint density at radius 3 is 2.58 bits per heavy atom. The number of carbonyl (C=O) groups is 1. The molecule has 0 aliphatic carbocycles. The molecule has 0 bridgehead atoms. The molecular formula is C19H22N6O. The SMILES string of the molecule is Cc1cccc(NC(=O)CN2CCN(c3ccc(C#N)nn3)CC2)c1C. The van der Waals surface area contributed by atoms with Crippen molar-refractivity contribution in [1.82, 2.24) is 15.1 Å². The number of nitrogens with one attached hydrogen (secondary N) is 1. The normalized spacial score (nSPS) is 14.7. The van der Waals surface area contributed by atoms with Gasteiger partial charge in [0.2, 0.25) is 5.91 Å². The molecule has 0 saturated carbocycles. The lowest BCUT2D eigenvalue weighted by molar-refractivity contribution is -0.117. The predicted molar refractivity (Wildman–Crippen MR) is 99.9 cm³/mol. The van der Waals surface area contributed by atoms with E-state index < -0.39 is 0 Å². The van der Waals surface area contributed by atoms with Gasteiger partial charge in [-0.25, -0.2) is 0 Å². The first kappa shape index (κ1) is 17.8. The molecule has 0 radical (unpaired) electrons. The minimum Gasteiger partial charge on any atom is -0.353 e. The standard InChI is InChI=1S/C19H22N6O/c1-14-4-3-5-17(15(14)2)21-19(26)13-24-8-10-25(11-9-24)18-7-6-16(12-20)22-23-18/h3-7H,8-11,13H2,1-2H3,(H,21,26). The van der Waals surface area contributed by atoms with E-state index in [4.69, 9.17) is 5.26 Å². The molecule has 2 aromatic rings. The molecule has 7 nitrogen and oxygen atoms in total. The minimum absolute atomic E-state index is 0.00492. The maximum atomic E-state index is 12.3. The predicted octanol–water partition coefficient (Wildman–Crippen LogP) is 1.73. The van der Waals surface area contributed by atoms with Gasteiger partial charge in [0.1, 0.15) is 6.07 Å². The average Bonchev–Trinajstić information content (AvgIpc) is 2.66. The Balaban J connectivity index is 1.51. The van der Waals surface area contributed by atoms with E-state index in [-0.39, 0.29) is 5.91 Å². The van der Waals surface area contributed by atoms with E-state index in [1.54, 1.807) is 6.07 Å². The Labute approximate surface area is 153 Å². The summed E-state index contributed by atoms with van der Waals surface area (Å²) in [7, 11) is 0. The zero-order chi connectivity index (χ0) is 18.5. The second kappa shape index (κ2) is 7.93. The highest BCUT2D eigenvalue weighted by Crippen LogP contribution is 2.18. The van der Waals surface area contributed by atoms with Crippen molar-refractivity contribution in [3.8, 4) is 6.07 Å². The van der Waals surface area contributed by atoms with Crippen molar-refractivity contribution in [3.63, 3.8) is 0 Å². The Bertz CT molecular complexity index is 819. The van der Waals surface area contributed by atoms with E-state index in [0.29, 0.717) is 12.2 Å². The number of benzene rings is 1. The highest BCUT2D eigenvalue weighted by atomic mass is 16.2. The van der Waals surface area contributed by atoms with Crippen molar-refractivity contribution in [3.05, 3.63) is 47.2 Å². The number of hydrogen-bond donors (Lipinski definition) is 1. The fraction of sp³-hybridized carbons (Fsp3) is 0.368. The summed E-state index contributed by atoms with van der Waals surface area (Å²) in [6.07, 6.45) is 0. The quantitative estimate of drug-likeness (QED) is 0.904. The third-order valence-electron chi connectivity index (χ3n) is 4.71. The number of anilines is 2. The van der Waals surface area contributed by atoms with Crippen LogP contribution < -0.4 is 10.2 Å². The van der Waals surface area contributed by atoms with Crippen LogP contribution in [-0.2, 0) is 4.79 Å². The molecule has 1 aromatic heterocycles. The summed E-state index contributed by atoms with van der Waals surface area (Å²) in [5.74, 6) is 0.772. The van der Waals surface area contributed by atoms with Gasteiger partial charge in [0.25, 0.3) is 0 Å². The van der Waals surface area contributed by atoms with Crippen LogP contribution in [-0.4, -0.2) is 53.7 Å². The van der Waals surface area contributed by atoms with E-state index in [2.05, 4.69) is 25.3 Å². The third-order valence-corrected chi connectivity index (χ3v) is 4.71. The number of hydrogen-bond acceptors (Lipinski definition) is 6. The molecule has 0 unspecified atom stereocenters. The molecule has 1 amide bonds. The molecule has 1 aromatic carbocycles. The molecule has 7 heteroatoms. The topological polar surface area (TPSA) is 85.2 Å². The van der Waals surface area contributed by atoms with Gasteiger partial charge in [-0.2, -0.15) is 5.26 Å². The first-order valence-corrected chi connectivity index (χ1v) is 8.64. The molecular weight excluding hydrogens is 328 g/mol. The van der Waals surface area contributed by atoms with Gasteiger partial charge in [-0.05, 0) is 43.2 Å². The summed E-state index contributed by atoms with van der Waals surface area (Å²) in [6.45, 7) is 7.54. The van der Waals surface area contributed by atoms with Gasteiger partial charge in [-0.1, -0.05) is 12.1 Å². The Morgan fingerprint density at radius 2 is 1.92 bits per heavy atom. The first-order valence-electron chi connectivity index (χ1n) is 8.64. The van der Waals surface area contributed by atoms with E-state index >= 15 is 0 Å². The van der Waals surface area contributed by atoms with Crippen LogP contribution in [0.4, 0.5) is 11.5 Å². The number of amides is 1. The number of piperazine rings is 1. The van der Waals surface area contributed by atoms with E-state index in [1.165, 1.54) is 5.56 Å². The molecule has 26 heavy (non-hydrogen) atoms. The Kier molecular flexibility index (Phi) is 5.44. The highest BCUT2D eigenvalue weighted by molar-refractivity contribution is 5.93. The largest absolute Gasteiger partial charge is 0.353 e. The second-order valence-corrected chi connectivity index (χ2v) is 6.45. The maximum Gasteiger partial charge on any atom is 0.238 e. The van der Waals surface area contributed by atoms with Gasteiger partial charge in [-0.3, -0.25) is 9.69 Å². The van der Waals surface area contributed by atoms with Crippen molar-refractivity contribution < 1.29 is 4.79 Å². The number of nitriles is 1. The van der Waals surface area contributed by atoms with Gasteiger partial charge in [0.15, 0.2) is 11.5 Å². The monoisotopic (exact) mass is 350 g/mol. The van der Waals surface area contributed by atoms with Crippen LogP contribution in [0.5, 0.6) is 0 Å². The van der Waals surface area contributed by atoms with Crippen LogP contribution in [0.2, 0.25) is 0 Å². The van der Waals surface area contributed by atoms with Crippen LogP contribution in [0, 0.1) is 25.2 Å². The zero-order valence-corrected chi connectivity index (χ0v) is 15.1. The lowest BCUT2D eigenvalue weighted by atomic mass is 10.1. The number of aromatic nitrogens is 2. The van der Waals surface area contributed by atoms with Crippen molar-refractivity contribution in [2.45, 2.75) is 13.8 Å². The van der Waals surface area contributed by atoms with Crippen LogP contribution >= 0.6 is 0 Å². The van der Waals surface area contributed by atoms with Gasteiger partial charge >= 0.3 is 0 Å². The number of aryl methyl sites for hydroxylation is 1. The van der Waals surface area contributed by atoms with E-state index in [9.17, 15) is 4.79 Å². The second-order valence-electron chi connectivity index (χ2n) is 6.45. The molecule has 1 saturated heterocycles. The molecule has 1 aliphatic heterocycles. The minimum atomic E-state index is 0.00492. The Hall–Kier alpha value is -2.98. The first-order chi connectivity index (χ1) is 12.6.